The zero-order valence-electron chi connectivity index (χ0n) is 12.1. The van der Waals surface area contributed by atoms with Gasteiger partial charge in [-0.05, 0) is 7.05 Å². The van der Waals surface area contributed by atoms with Gasteiger partial charge in [-0.2, -0.15) is 24.7 Å². The van der Waals surface area contributed by atoms with Crippen molar-refractivity contribution in [1.29, 1.82) is 0 Å². The lowest BCUT2D eigenvalue weighted by Gasteiger charge is -2.16. The molecule has 0 aliphatic carbocycles. The Labute approximate surface area is 122 Å². The topological polar surface area (TPSA) is 120 Å². The summed E-state index contributed by atoms with van der Waals surface area (Å²) in [5.41, 5.74) is 5.67. The lowest BCUT2D eigenvalue weighted by molar-refractivity contribution is 0.163. The van der Waals surface area contributed by atoms with Crippen LogP contribution in [0.4, 0.5) is 11.9 Å². The van der Waals surface area contributed by atoms with E-state index in [0.29, 0.717) is 25.0 Å². The Hall–Kier alpha value is -2.33. The summed E-state index contributed by atoms with van der Waals surface area (Å²) >= 11 is 0. The van der Waals surface area contributed by atoms with Gasteiger partial charge in [0.2, 0.25) is 11.9 Å². The van der Waals surface area contributed by atoms with Crippen LogP contribution in [-0.2, 0) is 4.74 Å². The summed E-state index contributed by atoms with van der Waals surface area (Å²) in [6.45, 7) is 3.07. The molecule has 0 bridgehead atoms. The number of methoxy groups -OCH3 is 1. The molecule has 10 nitrogen and oxygen atoms in total. The third kappa shape index (κ3) is 4.61. The zero-order valence-corrected chi connectivity index (χ0v) is 12.1. The molecule has 0 spiro atoms. The standard InChI is InChI=1S/C11H19N9O/c1-19(5-6-21-2)4-3-14-10-16-9(12)17-11(18-10)20-8-13-7-15-20/h7-8H,3-6H2,1-2H3,(H3,12,14,16,17,18). The molecule has 114 valence electrons. The van der Waals surface area contributed by atoms with Crippen molar-refractivity contribution in [2.24, 2.45) is 0 Å². The summed E-state index contributed by atoms with van der Waals surface area (Å²) in [5.74, 6) is 0.870. The maximum atomic E-state index is 5.67. The van der Waals surface area contributed by atoms with E-state index in [9.17, 15) is 0 Å². The van der Waals surface area contributed by atoms with Crippen LogP contribution in [0.15, 0.2) is 12.7 Å². The molecular weight excluding hydrogens is 274 g/mol. The molecule has 3 N–H and O–H groups in total. The number of hydrogen-bond donors (Lipinski definition) is 2. The van der Waals surface area contributed by atoms with E-state index in [0.717, 1.165) is 13.1 Å². The Morgan fingerprint density at radius 3 is 2.90 bits per heavy atom. The highest BCUT2D eigenvalue weighted by molar-refractivity contribution is 5.34. The molecule has 10 heteroatoms. The van der Waals surface area contributed by atoms with Crippen molar-refractivity contribution in [2.75, 3.05) is 51.4 Å². The van der Waals surface area contributed by atoms with Gasteiger partial charge in [0.15, 0.2) is 0 Å². The average Bonchev–Trinajstić information content (AvgIpc) is 2.99. The Bertz CT molecular complexity index is 545. The van der Waals surface area contributed by atoms with Gasteiger partial charge in [-0.3, -0.25) is 0 Å². The lowest BCUT2D eigenvalue weighted by Crippen LogP contribution is -2.28. The number of rotatable bonds is 8. The van der Waals surface area contributed by atoms with Gasteiger partial charge in [0, 0.05) is 26.7 Å². The summed E-state index contributed by atoms with van der Waals surface area (Å²) in [5, 5.41) is 7.07. The van der Waals surface area contributed by atoms with Gasteiger partial charge in [0.25, 0.3) is 5.95 Å². The van der Waals surface area contributed by atoms with Crippen LogP contribution < -0.4 is 11.1 Å². The Balaban J connectivity index is 1.91. The number of nitrogens with one attached hydrogen (secondary N) is 1. The lowest BCUT2D eigenvalue weighted by atomic mass is 10.5. The van der Waals surface area contributed by atoms with Crippen molar-refractivity contribution >= 4 is 11.9 Å². The molecule has 21 heavy (non-hydrogen) atoms. The first-order chi connectivity index (χ1) is 10.2. The van der Waals surface area contributed by atoms with Crippen LogP contribution in [0.1, 0.15) is 0 Å². The summed E-state index contributed by atoms with van der Waals surface area (Å²) in [7, 11) is 3.70. The minimum absolute atomic E-state index is 0.130. The van der Waals surface area contributed by atoms with E-state index in [-0.39, 0.29) is 5.95 Å². The summed E-state index contributed by atoms with van der Waals surface area (Å²) in [4.78, 5) is 18.3. The van der Waals surface area contributed by atoms with Crippen molar-refractivity contribution in [1.82, 2.24) is 34.6 Å². The number of ether oxygens (including phenoxy) is 1. The minimum atomic E-state index is 0.130. The molecule has 0 saturated carbocycles. The molecule has 0 unspecified atom stereocenters. The molecule has 0 saturated heterocycles. The highest BCUT2D eigenvalue weighted by Gasteiger charge is 2.07. The van der Waals surface area contributed by atoms with Crippen molar-refractivity contribution in [3.63, 3.8) is 0 Å². The van der Waals surface area contributed by atoms with Crippen molar-refractivity contribution in [3.05, 3.63) is 12.7 Å². The van der Waals surface area contributed by atoms with Crippen LogP contribution in [0.2, 0.25) is 0 Å². The molecule has 2 aromatic rings. The first kappa shape index (κ1) is 15.1. The van der Waals surface area contributed by atoms with Gasteiger partial charge >= 0.3 is 0 Å². The van der Waals surface area contributed by atoms with E-state index in [1.165, 1.54) is 17.3 Å². The molecule has 2 aromatic heterocycles. The fraction of sp³-hybridized carbons (Fsp3) is 0.545. The fourth-order valence-electron chi connectivity index (χ4n) is 1.59. The van der Waals surface area contributed by atoms with Gasteiger partial charge in [0.1, 0.15) is 12.7 Å². The van der Waals surface area contributed by atoms with E-state index < -0.39 is 0 Å². The largest absolute Gasteiger partial charge is 0.383 e. The predicted molar refractivity (Wildman–Crippen MR) is 77.0 cm³/mol. The van der Waals surface area contributed by atoms with E-state index >= 15 is 0 Å². The third-order valence-corrected chi connectivity index (χ3v) is 2.72. The first-order valence-corrected chi connectivity index (χ1v) is 6.47. The number of anilines is 2. The van der Waals surface area contributed by atoms with E-state index in [1.54, 1.807) is 7.11 Å². The normalized spacial score (nSPS) is 11.0. The smallest absolute Gasteiger partial charge is 0.258 e. The maximum Gasteiger partial charge on any atom is 0.258 e. The van der Waals surface area contributed by atoms with Gasteiger partial charge in [-0.25, -0.2) is 4.98 Å². The SMILES string of the molecule is COCCN(C)CCNc1nc(N)nc(-n2cncn2)n1. The molecule has 0 atom stereocenters. The van der Waals surface area contributed by atoms with Crippen molar-refractivity contribution in [3.8, 4) is 5.95 Å². The summed E-state index contributed by atoms with van der Waals surface area (Å²) < 4.78 is 6.45. The molecule has 0 aliphatic heterocycles. The Kier molecular flexibility index (Phi) is 5.35. The highest BCUT2D eigenvalue weighted by Crippen LogP contribution is 2.05. The van der Waals surface area contributed by atoms with Crippen LogP contribution in [0.3, 0.4) is 0 Å². The molecule has 0 aliphatic rings. The Morgan fingerprint density at radius 1 is 1.33 bits per heavy atom. The predicted octanol–water partition coefficient (Wildman–Crippen LogP) is -0.975. The zero-order chi connectivity index (χ0) is 15.1. The second kappa shape index (κ2) is 7.45. The Morgan fingerprint density at radius 2 is 2.19 bits per heavy atom. The maximum absolute atomic E-state index is 5.67. The van der Waals surface area contributed by atoms with Crippen LogP contribution >= 0.6 is 0 Å². The van der Waals surface area contributed by atoms with Crippen LogP contribution in [0.25, 0.3) is 5.95 Å². The van der Waals surface area contributed by atoms with Crippen molar-refractivity contribution < 1.29 is 4.74 Å². The molecule has 2 heterocycles. The van der Waals surface area contributed by atoms with Crippen LogP contribution in [-0.4, -0.2) is 75.0 Å². The number of likely N-dealkylation sites (N-methyl/N-ethyl adjacent to an activating group) is 1. The van der Waals surface area contributed by atoms with E-state index in [4.69, 9.17) is 10.5 Å². The van der Waals surface area contributed by atoms with Gasteiger partial charge in [0.05, 0.1) is 6.61 Å². The number of hydrogen-bond acceptors (Lipinski definition) is 9. The van der Waals surface area contributed by atoms with Crippen LogP contribution in [0, 0.1) is 0 Å². The van der Waals surface area contributed by atoms with E-state index in [2.05, 4.69) is 35.3 Å². The van der Waals surface area contributed by atoms with E-state index in [1.807, 2.05) is 7.05 Å². The first-order valence-electron chi connectivity index (χ1n) is 6.47. The molecule has 0 aromatic carbocycles. The number of nitrogens with zero attached hydrogens (tertiary/aromatic N) is 7. The molecular formula is C11H19N9O. The highest BCUT2D eigenvalue weighted by atomic mass is 16.5. The van der Waals surface area contributed by atoms with Gasteiger partial charge in [-0.1, -0.05) is 0 Å². The van der Waals surface area contributed by atoms with Crippen molar-refractivity contribution in [2.45, 2.75) is 0 Å². The van der Waals surface area contributed by atoms with Gasteiger partial charge in [-0.15, -0.1) is 0 Å². The molecule has 0 radical (unpaired) electrons. The number of nitrogen functional groups attached to an aromatic ring is 1. The second-order valence-corrected chi connectivity index (χ2v) is 4.38. The summed E-state index contributed by atoms with van der Waals surface area (Å²) in [6, 6.07) is 0. The molecule has 2 rings (SSSR count). The average molecular weight is 293 g/mol. The monoisotopic (exact) mass is 293 g/mol. The quantitative estimate of drug-likeness (QED) is 0.633. The van der Waals surface area contributed by atoms with Gasteiger partial charge < -0.3 is 20.7 Å². The minimum Gasteiger partial charge on any atom is -0.383 e. The second-order valence-electron chi connectivity index (χ2n) is 4.38. The van der Waals surface area contributed by atoms with Crippen LogP contribution in [0.5, 0.6) is 0 Å². The molecule has 0 fully saturated rings. The molecule has 0 amide bonds. The number of nitrogens with two attached hydrogens (primary N) is 1. The number of aromatic nitrogens is 6. The third-order valence-electron chi connectivity index (χ3n) is 2.72. The summed E-state index contributed by atoms with van der Waals surface area (Å²) in [6.07, 6.45) is 2.90. The fourth-order valence-corrected chi connectivity index (χ4v) is 1.59.